The zero-order valence-electron chi connectivity index (χ0n) is 15.6. The first-order valence-electron chi connectivity index (χ1n) is 9.36. The molecule has 8 nitrogen and oxygen atoms in total. The van der Waals surface area contributed by atoms with Crippen LogP contribution < -0.4 is 16.0 Å². The van der Waals surface area contributed by atoms with Crippen LogP contribution in [0.2, 0.25) is 0 Å². The van der Waals surface area contributed by atoms with Gasteiger partial charge >= 0.3 is 0 Å². The number of amides is 1. The Hall–Kier alpha value is -3.62. The summed E-state index contributed by atoms with van der Waals surface area (Å²) in [5, 5.41) is 14.4. The molecule has 0 saturated heterocycles. The number of rotatable bonds is 6. The van der Waals surface area contributed by atoms with Crippen LogP contribution in [0.1, 0.15) is 12.8 Å². The molecule has 5 rings (SSSR count). The normalized spacial score (nSPS) is 18.1. The first kappa shape index (κ1) is 17.5. The van der Waals surface area contributed by atoms with Crippen molar-refractivity contribution in [3.8, 4) is 0 Å². The van der Waals surface area contributed by atoms with Gasteiger partial charge in [-0.25, -0.2) is 9.37 Å². The van der Waals surface area contributed by atoms with Crippen molar-refractivity contribution in [2.45, 2.75) is 19.0 Å². The van der Waals surface area contributed by atoms with E-state index in [1.807, 2.05) is 30.3 Å². The molecular formula is C20H19FN6O2. The van der Waals surface area contributed by atoms with Gasteiger partial charge in [-0.15, -0.1) is 0 Å². The lowest BCUT2D eigenvalue weighted by atomic mass is 10.2. The average molecular weight is 394 g/mol. The van der Waals surface area contributed by atoms with Crippen molar-refractivity contribution < 1.29 is 13.6 Å². The van der Waals surface area contributed by atoms with Gasteiger partial charge in [0, 0.05) is 30.8 Å². The number of nitrogens with zero attached hydrogens (tertiary/aromatic N) is 3. The fourth-order valence-corrected chi connectivity index (χ4v) is 3.40. The molecular weight excluding hydrogens is 375 g/mol. The predicted molar refractivity (Wildman–Crippen MR) is 108 cm³/mol. The van der Waals surface area contributed by atoms with Crippen LogP contribution in [-0.4, -0.2) is 33.7 Å². The van der Waals surface area contributed by atoms with Crippen LogP contribution in [-0.2, 0) is 4.79 Å². The van der Waals surface area contributed by atoms with Gasteiger partial charge in [0.15, 0.2) is 5.65 Å². The molecule has 1 aliphatic carbocycles. The number of alkyl halides is 1. The number of furan rings is 1. The van der Waals surface area contributed by atoms with E-state index >= 15 is 0 Å². The SMILES string of the molecule is CNc1cc(Nc2cccc3occc23)nc2c(NC(=O)C[C@@H]3C[C@@H]3F)cnn12. The van der Waals surface area contributed by atoms with Crippen molar-refractivity contribution in [1.29, 1.82) is 0 Å². The number of halogens is 1. The van der Waals surface area contributed by atoms with Gasteiger partial charge in [-0.05, 0) is 24.6 Å². The molecule has 2 atom stereocenters. The lowest BCUT2D eigenvalue weighted by Gasteiger charge is -2.11. The molecule has 4 aromatic rings. The van der Waals surface area contributed by atoms with E-state index < -0.39 is 6.17 Å². The first-order valence-corrected chi connectivity index (χ1v) is 9.36. The van der Waals surface area contributed by atoms with Gasteiger partial charge in [-0.2, -0.15) is 9.61 Å². The van der Waals surface area contributed by atoms with E-state index in [-0.39, 0.29) is 18.2 Å². The second kappa shape index (κ2) is 6.77. The number of carbonyl (C=O) groups is 1. The summed E-state index contributed by atoms with van der Waals surface area (Å²) >= 11 is 0. The van der Waals surface area contributed by atoms with Gasteiger partial charge in [-0.1, -0.05) is 6.07 Å². The van der Waals surface area contributed by atoms with Crippen LogP contribution in [0.15, 0.2) is 47.2 Å². The van der Waals surface area contributed by atoms with Crippen molar-refractivity contribution >= 4 is 45.5 Å². The van der Waals surface area contributed by atoms with Gasteiger partial charge in [0.2, 0.25) is 5.91 Å². The van der Waals surface area contributed by atoms with Crippen molar-refractivity contribution in [3.63, 3.8) is 0 Å². The minimum Gasteiger partial charge on any atom is -0.464 e. The molecule has 0 radical (unpaired) electrons. The monoisotopic (exact) mass is 394 g/mol. The van der Waals surface area contributed by atoms with E-state index in [9.17, 15) is 9.18 Å². The van der Waals surface area contributed by atoms with Gasteiger partial charge in [0.05, 0.1) is 18.1 Å². The molecule has 0 spiro atoms. The van der Waals surface area contributed by atoms with E-state index in [1.165, 1.54) is 0 Å². The van der Waals surface area contributed by atoms with Crippen molar-refractivity contribution in [2.75, 3.05) is 23.0 Å². The topological polar surface area (TPSA) is 96.5 Å². The van der Waals surface area contributed by atoms with Gasteiger partial charge < -0.3 is 20.4 Å². The Labute approximate surface area is 165 Å². The lowest BCUT2D eigenvalue weighted by molar-refractivity contribution is -0.116. The highest BCUT2D eigenvalue weighted by atomic mass is 19.1. The quantitative estimate of drug-likeness (QED) is 0.458. The molecule has 29 heavy (non-hydrogen) atoms. The number of aromatic nitrogens is 3. The molecule has 0 unspecified atom stereocenters. The second-order valence-electron chi connectivity index (χ2n) is 7.10. The predicted octanol–water partition coefficient (Wildman–Crippen LogP) is 3.95. The third-order valence-electron chi connectivity index (χ3n) is 5.04. The Morgan fingerprint density at radius 2 is 2.21 bits per heavy atom. The van der Waals surface area contributed by atoms with E-state index in [0.717, 1.165) is 16.7 Å². The lowest BCUT2D eigenvalue weighted by Crippen LogP contribution is -2.13. The fourth-order valence-electron chi connectivity index (χ4n) is 3.40. The molecule has 9 heteroatoms. The Balaban J connectivity index is 1.48. The molecule has 3 heterocycles. The first-order chi connectivity index (χ1) is 14.1. The van der Waals surface area contributed by atoms with Crippen LogP contribution in [0, 0.1) is 5.92 Å². The number of nitrogens with one attached hydrogen (secondary N) is 3. The Morgan fingerprint density at radius 3 is 3.00 bits per heavy atom. The molecule has 0 aliphatic heterocycles. The van der Waals surface area contributed by atoms with Gasteiger partial charge in [0.25, 0.3) is 0 Å². The minimum atomic E-state index is -0.861. The number of benzene rings is 1. The molecule has 3 N–H and O–H groups in total. The molecule has 1 saturated carbocycles. The smallest absolute Gasteiger partial charge is 0.224 e. The number of carbonyl (C=O) groups excluding carboxylic acids is 1. The van der Waals surface area contributed by atoms with Crippen LogP contribution in [0.25, 0.3) is 16.6 Å². The minimum absolute atomic E-state index is 0.165. The van der Waals surface area contributed by atoms with Gasteiger partial charge in [0.1, 0.15) is 29.1 Å². The second-order valence-corrected chi connectivity index (χ2v) is 7.10. The summed E-state index contributed by atoms with van der Waals surface area (Å²) in [5.41, 5.74) is 2.59. The molecule has 3 aromatic heterocycles. The maximum atomic E-state index is 13.1. The largest absolute Gasteiger partial charge is 0.464 e. The summed E-state index contributed by atoms with van der Waals surface area (Å²) in [5.74, 6) is 0.866. The number of hydrogen-bond donors (Lipinski definition) is 3. The van der Waals surface area contributed by atoms with E-state index in [4.69, 9.17) is 4.42 Å². The summed E-state index contributed by atoms with van der Waals surface area (Å²) in [6.45, 7) is 0. The van der Waals surface area contributed by atoms with Crippen LogP contribution in [0.4, 0.5) is 27.4 Å². The zero-order chi connectivity index (χ0) is 20.0. The molecule has 1 aliphatic rings. The standard InChI is InChI=1S/C20H19FN6O2/c1-22-18-9-17(24-14-3-2-4-16-12(14)5-6-29-16)26-20-15(10-23-27(18)20)25-19(28)8-11-7-13(11)21/h2-6,9-11,13,22H,7-8H2,1H3,(H,24,26)(H,25,28)/t11-,13-/m0/s1. The Morgan fingerprint density at radius 1 is 1.34 bits per heavy atom. The highest BCUT2D eigenvalue weighted by Crippen LogP contribution is 2.37. The van der Waals surface area contributed by atoms with E-state index in [2.05, 4.69) is 26.0 Å². The number of hydrogen-bond acceptors (Lipinski definition) is 6. The third-order valence-corrected chi connectivity index (χ3v) is 5.04. The van der Waals surface area contributed by atoms with E-state index in [1.54, 1.807) is 24.0 Å². The highest BCUT2D eigenvalue weighted by Gasteiger charge is 2.38. The van der Waals surface area contributed by atoms with Gasteiger partial charge in [-0.3, -0.25) is 4.79 Å². The summed E-state index contributed by atoms with van der Waals surface area (Å²) < 4.78 is 20.1. The van der Waals surface area contributed by atoms with Crippen molar-refractivity contribution in [1.82, 2.24) is 14.6 Å². The van der Waals surface area contributed by atoms with Crippen LogP contribution >= 0.6 is 0 Å². The summed E-state index contributed by atoms with van der Waals surface area (Å²) in [6, 6.07) is 9.43. The average Bonchev–Trinajstić information content (AvgIpc) is 3.10. The van der Waals surface area contributed by atoms with Crippen LogP contribution in [0.5, 0.6) is 0 Å². The van der Waals surface area contributed by atoms with Crippen LogP contribution in [0.3, 0.4) is 0 Å². The number of fused-ring (bicyclic) bond motifs is 2. The maximum Gasteiger partial charge on any atom is 0.224 e. The summed E-state index contributed by atoms with van der Waals surface area (Å²) in [7, 11) is 1.78. The van der Waals surface area contributed by atoms with E-state index in [0.29, 0.717) is 29.4 Å². The van der Waals surface area contributed by atoms with Crippen molar-refractivity contribution in [2.24, 2.45) is 5.92 Å². The highest BCUT2D eigenvalue weighted by molar-refractivity contribution is 5.95. The molecule has 0 bridgehead atoms. The molecule has 148 valence electrons. The fraction of sp³-hybridized carbons (Fsp3) is 0.250. The Bertz CT molecular complexity index is 1220. The Kier molecular flexibility index (Phi) is 4.08. The maximum absolute atomic E-state index is 13.1. The summed E-state index contributed by atoms with van der Waals surface area (Å²) in [6.07, 6.45) is 2.94. The molecule has 1 aromatic carbocycles. The van der Waals surface area contributed by atoms with Crippen molar-refractivity contribution in [3.05, 3.63) is 42.8 Å². The zero-order valence-corrected chi connectivity index (χ0v) is 15.6. The molecule has 1 amide bonds. The third kappa shape index (κ3) is 3.24. The molecule has 1 fully saturated rings. The summed E-state index contributed by atoms with van der Waals surface area (Å²) in [4.78, 5) is 16.8. The number of anilines is 4.